The summed E-state index contributed by atoms with van der Waals surface area (Å²) in [6.45, 7) is 11.2. The van der Waals surface area contributed by atoms with Gasteiger partial charge in [-0.15, -0.1) is 34.4 Å². The van der Waals surface area contributed by atoms with Crippen molar-refractivity contribution >= 4 is 45.6 Å². The van der Waals surface area contributed by atoms with Gasteiger partial charge in [0.15, 0.2) is 6.29 Å². The lowest BCUT2D eigenvalue weighted by atomic mass is 10.0. The van der Waals surface area contributed by atoms with Crippen LogP contribution in [0.2, 0.25) is 0 Å². The first-order valence-electron chi connectivity index (χ1n) is 9.40. The third kappa shape index (κ3) is 5.87. The standard InChI is InChI=1S/C21H28O3S3/c1-5-8-9-15(6-2)13-24-18-10-16(12-22)26-21(18)19-11-17(23)20(27-19)14(4)25-7-3/h10-12,15,23H,4-9,13H2,1-3H3. The fourth-order valence-electron chi connectivity index (χ4n) is 2.77. The molecule has 2 aromatic rings. The Morgan fingerprint density at radius 2 is 2.11 bits per heavy atom. The van der Waals surface area contributed by atoms with Crippen molar-refractivity contribution in [1.82, 2.24) is 0 Å². The normalized spacial score (nSPS) is 12.1. The van der Waals surface area contributed by atoms with Crippen molar-refractivity contribution in [2.75, 3.05) is 12.4 Å². The van der Waals surface area contributed by atoms with E-state index in [4.69, 9.17) is 4.74 Å². The number of thioether (sulfide) groups is 1. The average molecular weight is 425 g/mol. The quantitative estimate of drug-likeness (QED) is 0.363. The van der Waals surface area contributed by atoms with Gasteiger partial charge in [0.25, 0.3) is 0 Å². The number of carbonyl (C=O) groups is 1. The molecule has 0 aromatic carbocycles. The van der Waals surface area contributed by atoms with Crippen molar-refractivity contribution in [2.24, 2.45) is 5.92 Å². The molecule has 0 spiro atoms. The summed E-state index contributed by atoms with van der Waals surface area (Å²) >= 11 is 4.52. The third-order valence-electron chi connectivity index (χ3n) is 4.36. The highest BCUT2D eigenvalue weighted by Gasteiger charge is 2.19. The summed E-state index contributed by atoms with van der Waals surface area (Å²) in [6.07, 6.45) is 5.49. The van der Waals surface area contributed by atoms with Crippen LogP contribution in [0.25, 0.3) is 14.7 Å². The summed E-state index contributed by atoms with van der Waals surface area (Å²) in [5.41, 5.74) is 0. The van der Waals surface area contributed by atoms with Gasteiger partial charge in [0.05, 0.1) is 26.1 Å². The van der Waals surface area contributed by atoms with Crippen LogP contribution < -0.4 is 4.74 Å². The second-order valence-electron chi connectivity index (χ2n) is 6.37. The molecule has 0 aliphatic heterocycles. The second kappa shape index (κ2) is 10.9. The van der Waals surface area contributed by atoms with Crippen molar-refractivity contribution in [3.63, 3.8) is 0 Å². The summed E-state index contributed by atoms with van der Waals surface area (Å²) in [7, 11) is 0. The number of thiophene rings is 2. The van der Waals surface area contributed by atoms with E-state index in [1.807, 2.05) is 6.07 Å². The topological polar surface area (TPSA) is 46.5 Å². The number of aromatic hydroxyl groups is 1. The molecule has 0 radical (unpaired) electrons. The smallest absolute Gasteiger partial charge is 0.160 e. The van der Waals surface area contributed by atoms with Crippen LogP contribution in [0.1, 0.15) is 61.0 Å². The molecule has 3 nitrogen and oxygen atoms in total. The van der Waals surface area contributed by atoms with E-state index >= 15 is 0 Å². The minimum absolute atomic E-state index is 0.238. The zero-order chi connectivity index (χ0) is 19.8. The molecule has 0 saturated carbocycles. The lowest BCUT2D eigenvalue weighted by molar-refractivity contribution is 0.112. The van der Waals surface area contributed by atoms with Gasteiger partial charge in [0, 0.05) is 17.0 Å². The Hall–Kier alpha value is -1.24. The van der Waals surface area contributed by atoms with Crippen LogP contribution in [0.5, 0.6) is 11.5 Å². The zero-order valence-electron chi connectivity index (χ0n) is 16.2. The number of aldehydes is 1. The molecular weight excluding hydrogens is 396 g/mol. The molecule has 1 atom stereocenters. The van der Waals surface area contributed by atoms with E-state index < -0.39 is 0 Å². The fraction of sp³-hybridized carbons (Fsp3) is 0.476. The van der Waals surface area contributed by atoms with E-state index in [-0.39, 0.29) is 5.75 Å². The number of ether oxygens (including phenoxy) is 1. The molecule has 2 rings (SSSR count). The molecule has 1 N–H and O–H groups in total. The SMILES string of the molecule is C=C(SCC)c1sc(-c2sc(C=O)cc2OCC(CC)CCCC)cc1O. The summed E-state index contributed by atoms with van der Waals surface area (Å²) in [5.74, 6) is 2.40. The predicted molar refractivity (Wildman–Crippen MR) is 121 cm³/mol. The minimum atomic E-state index is 0.238. The molecule has 2 heterocycles. The third-order valence-corrected chi connectivity index (χ3v) is 7.74. The number of unbranched alkanes of at least 4 members (excludes halogenated alkanes) is 1. The van der Waals surface area contributed by atoms with Gasteiger partial charge in [0.1, 0.15) is 11.5 Å². The van der Waals surface area contributed by atoms with E-state index in [2.05, 4.69) is 27.4 Å². The molecule has 27 heavy (non-hydrogen) atoms. The Balaban J connectivity index is 2.24. The first kappa shape index (κ1) is 22.1. The van der Waals surface area contributed by atoms with Crippen molar-refractivity contribution < 1.29 is 14.6 Å². The summed E-state index contributed by atoms with van der Waals surface area (Å²) in [5, 5.41) is 10.3. The maximum atomic E-state index is 11.3. The Morgan fingerprint density at radius 1 is 1.33 bits per heavy atom. The van der Waals surface area contributed by atoms with Gasteiger partial charge in [-0.1, -0.05) is 46.6 Å². The number of carbonyl (C=O) groups excluding carboxylic acids is 1. The zero-order valence-corrected chi connectivity index (χ0v) is 18.7. The van der Waals surface area contributed by atoms with Crippen LogP contribution >= 0.6 is 34.4 Å². The summed E-state index contributed by atoms with van der Waals surface area (Å²) < 4.78 is 6.13. The summed E-state index contributed by atoms with van der Waals surface area (Å²) in [4.78, 5) is 15.4. The van der Waals surface area contributed by atoms with Crippen LogP contribution in [0.15, 0.2) is 18.7 Å². The molecule has 0 aliphatic rings. The summed E-state index contributed by atoms with van der Waals surface area (Å²) in [6, 6.07) is 3.56. The van der Waals surface area contributed by atoms with Crippen LogP contribution in [0, 0.1) is 5.92 Å². The predicted octanol–water partition coefficient (Wildman–Crippen LogP) is 7.31. The molecule has 2 aromatic heterocycles. The van der Waals surface area contributed by atoms with Gasteiger partial charge >= 0.3 is 0 Å². The van der Waals surface area contributed by atoms with E-state index in [0.717, 1.165) is 50.2 Å². The largest absolute Gasteiger partial charge is 0.506 e. The highest BCUT2D eigenvalue weighted by molar-refractivity contribution is 8.08. The van der Waals surface area contributed by atoms with Gasteiger partial charge in [0.2, 0.25) is 0 Å². The van der Waals surface area contributed by atoms with E-state index in [0.29, 0.717) is 17.4 Å². The van der Waals surface area contributed by atoms with Crippen LogP contribution in [0.4, 0.5) is 0 Å². The molecular formula is C21H28O3S3. The van der Waals surface area contributed by atoms with Crippen molar-refractivity contribution in [2.45, 2.75) is 46.5 Å². The van der Waals surface area contributed by atoms with Gasteiger partial charge in [-0.25, -0.2) is 0 Å². The van der Waals surface area contributed by atoms with Crippen molar-refractivity contribution in [1.29, 1.82) is 0 Å². The van der Waals surface area contributed by atoms with Gasteiger partial charge in [-0.3, -0.25) is 4.79 Å². The Morgan fingerprint density at radius 3 is 2.74 bits per heavy atom. The Kier molecular flexibility index (Phi) is 8.93. The lowest BCUT2D eigenvalue weighted by Crippen LogP contribution is -2.11. The first-order valence-corrected chi connectivity index (χ1v) is 12.0. The molecule has 6 heteroatoms. The fourth-order valence-corrected chi connectivity index (χ4v) is 5.59. The van der Waals surface area contributed by atoms with E-state index in [1.54, 1.807) is 17.8 Å². The van der Waals surface area contributed by atoms with E-state index in [1.165, 1.54) is 35.5 Å². The molecule has 0 bridgehead atoms. The lowest BCUT2D eigenvalue weighted by Gasteiger charge is -2.15. The average Bonchev–Trinajstić information content (AvgIpc) is 3.25. The number of hydrogen-bond donors (Lipinski definition) is 1. The molecule has 148 valence electrons. The minimum Gasteiger partial charge on any atom is -0.506 e. The Bertz CT molecular complexity index is 761. The maximum absolute atomic E-state index is 11.3. The highest BCUT2D eigenvalue weighted by atomic mass is 32.2. The Labute approximate surface area is 174 Å². The molecule has 0 fully saturated rings. The van der Waals surface area contributed by atoms with Crippen molar-refractivity contribution in [3.8, 4) is 21.3 Å². The molecule has 1 unspecified atom stereocenters. The number of rotatable bonds is 12. The monoisotopic (exact) mass is 424 g/mol. The highest BCUT2D eigenvalue weighted by Crippen LogP contribution is 2.47. The van der Waals surface area contributed by atoms with E-state index in [9.17, 15) is 9.90 Å². The first-order chi connectivity index (χ1) is 13.0. The number of hydrogen-bond acceptors (Lipinski definition) is 6. The molecule has 0 amide bonds. The second-order valence-corrected chi connectivity index (χ2v) is 9.86. The van der Waals surface area contributed by atoms with Crippen LogP contribution in [-0.4, -0.2) is 23.8 Å². The maximum Gasteiger partial charge on any atom is 0.160 e. The van der Waals surface area contributed by atoms with Gasteiger partial charge < -0.3 is 9.84 Å². The van der Waals surface area contributed by atoms with Gasteiger partial charge in [-0.2, -0.15) is 0 Å². The van der Waals surface area contributed by atoms with Crippen molar-refractivity contribution in [3.05, 3.63) is 28.5 Å². The molecule has 0 aliphatic carbocycles. The van der Waals surface area contributed by atoms with Crippen LogP contribution in [0.3, 0.4) is 0 Å². The van der Waals surface area contributed by atoms with Crippen LogP contribution in [-0.2, 0) is 0 Å². The van der Waals surface area contributed by atoms with Gasteiger partial charge in [-0.05, 0) is 18.1 Å². The molecule has 0 saturated heterocycles.